The van der Waals surface area contributed by atoms with Crippen molar-refractivity contribution in [1.82, 2.24) is 20.4 Å². The molecule has 0 radical (unpaired) electrons. The second-order valence-corrected chi connectivity index (χ2v) is 14.4. The van der Waals surface area contributed by atoms with E-state index < -0.39 is 0 Å². The number of benzene rings is 5. The first-order valence-corrected chi connectivity index (χ1v) is 19.2. The first-order chi connectivity index (χ1) is 25.6. The third-order valence-corrected chi connectivity index (χ3v) is 10.8. The fraction of sp³-hybridized carbons (Fsp3) is 0.111. The first-order valence-electron chi connectivity index (χ1n) is 17.4. The van der Waals surface area contributed by atoms with Crippen LogP contribution in [0.3, 0.4) is 0 Å². The summed E-state index contributed by atoms with van der Waals surface area (Å²) in [5.74, 6) is 2.13. The van der Waals surface area contributed by atoms with Crippen molar-refractivity contribution in [3.8, 4) is 66.3 Å². The molecule has 7 heteroatoms. The topological polar surface area (TPSA) is 64.7 Å². The van der Waals surface area contributed by atoms with Gasteiger partial charge >= 0.3 is 0 Å². The van der Waals surface area contributed by atoms with Crippen LogP contribution in [0.5, 0.6) is 0 Å². The smallest absolute Gasteiger partial charge is 0.248 e. The maximum Gasteiger partial charge on any atom is 0.248 e. The van der Waals surface area contributed by atoms with Crippen LogP contribution in [0.1, 0.15) is 32.3 Å². The molecule has 5 nitrogen and oxygen atoms in total. The summed E-state index contributed by atoms with van der Waals surface area (Å²) in [6, 6.07) is 42.0. The van der Waals surface area contributed by atoms with Gasteiger partial charge < -0.3 is 4.42 Å². The van der Waals surface area contributed by atoms with Gasteiger partial charge in [0.25, 0.3) is 0 Å². The van der Waals surface area contributed by atoms with E-state index in [1.807, 2.05) is 79.4 Å². The van der Waals surface area contributed by atoms with Gasteiger partial charge in [-0.1, -0.05) is 140 Å². The van der Waals surface area contributed by atoms with Crippen LogP contribution in [-0.4, -0.2) is 26.1 Å². The number of unbranched alkanes of at least 4 members (excludes halogenated alkanes) is 1. The lowest BCUT2D eigenvalue weighted by molar-refractivity contribution is 0.584. The van der Waals surface area contributed by atoms with Gasteiger partial charge in [0, 0.05) is 27.1 Å². The number of hydrogen-bond acceptors (Lipinski definition) is 7. The highest BCUT2D eigenvalue weighted by atomic mass is 32.2. The van der Waals surface area contributed by atoms with Crippen molar-refractivity contribution < 1.29 is 4.42 Å². The molecule has 0 saturated carbocycles. The van der Waals surface area contributed by atoms with Crippen molar-refractivity contribution in [1.29, 1.82) is 0 Å². The summed E-state index contributed by atoms with van der Waals surface area (Å²) in [6.45, 7) is 8.36. The Morgan fingerprint density at radius 1 is 0.596 bits per heavy atom. The summed E-state index contributed by atoms with van der Waals surface area (Å²) >= 11 is 3.53. The largest absolute Gasteiger partial charge is 0.416 e. The molecule has 7 aromatic rings. The molecule has 0 saturated heterocycles. The Hall–Kier alpha value is -5.63. The lowest BCUT2D eigenvalue weighted by Gasteiger charge is -2.05. The van der Waals surface area contributed by atoms with E-state index in [2.05, 4.69) is 119 Å². The molecular weight excluding hydrogens is 677 g/mol. The summed E-state index contributed by atoms with van der Waals surface area (Å²) in [5, 5.41) is 19.4. The lowest BCUT2D eigenvalue weighted by atomic mass is 10.0. The Kier molecular flexibility index (Phi) is 11.1. The predicted octanol–water partition coefficient (Wildman–Crippen LogP) is 13.0. The summed E-state index contributed by atoms with van der Waals surface area (Å²) in [4.78, 5) is 1.33. The SMILES string of the molecule is C=C(/C=C\C=C/C)c1ccc(-c2nnc(-c3ccc(-c4ccc(-c5nnc(-c6ccc(-c7ccc(SCCCC)cc7)cc6)s5)cc4)cc3)o2)cc1. The summed E-state index contributed by atoms with van der Waals surface area (Å²) in [5.41, 5.74) is 10.4. The average Bonchev–Trinajstić information content (AvgIpc) is 3.91. The molecule has 0 fully saturated rings. The van der Waals surface area contributed by atoms with E-state index in [4.69, 9.17) is 4.42 Å². The van der Waals surface area contributed by atoms with E-state index in [9.17, 15) is 0 Å². The van der Waals surface area contributed by atoms with Crippen LogP contribution in [-0.2, 0) is 0 Å². The quantitative estimate of drug-likeness (QED) is 0.0673. The molecule has 0 aliphatic carbocycles. The fourth-order valence-electron chi connectivity index (χ4n) is 5.61. The second kappa shape index (κ2) is 16.6. The van der Waals surface area contributed by atoms with E-state index in [-0.39, 0.29) is 0 Å². The molecule has 7 rings (SSSR count). The van der Waals surface area contributed by atoms with Gasteiger partial charge in [0.15, 0.2) is 0 Å². The maximum atomic E-state index is 6.04. The van der Waals surface area contributed by atoms with Crippen LogP contribution in [0.15, 0.2) is 162 Å². The van der Waals surface area contributed by atoms with Gasteiger partial charge in [-0.05, 0) is 88.9 Å². The minimum absolute atomic E-state index is 0.478. The number of rotatable bonds is 13. The van der Waals surface area contributed by atoms with Crippen LogP contribution >= 0.6 is 23.1 Å². The van der Waals surface area contributed by atoms with E-state index in [0.717, 1.165) is 54.5 Å². The predicted molar refractivity (Wildman–Crippen MR) is 219 cm³/mol. The van der Waals surface area contributed by atoms with Gasteiger partial charge in [-0.2, -0.15) is 0 Å². The Morgan fingerprint density at radius 2 is 1.04 bits per heavy atom. The summed E-state index contributed by atoms with van der Waals surface area (Å²) in [6.07, 6.45) is 10.4. The molecule has 5 aromatic carbocycles. The number of allylic oxidation sites excluding steroid dienone is 5. The van der Waals surface area contributed by atoms with Crippen molar-refractivity contribution in [2.45, 2.75) is 31.6 Å². The Balaban J connectivity index is 0.974. The molecular formula is C45H38N4OS2. The Bertz CT molecular complexity index is 2300. The molecule has 52 heavy (non-hydrogen) atoms. The first kappa shape index (κ1) is 34.8. The number of thioether (sulfide) groups is 1. The molecule has 0 atom stereocenters. The lowest BCUT2D eigenvalue weighted by Crippen LogP contribution is -1.82. The van der Waals surface area contributed by atoms with E-state index in [1.165, 1.54) is 34.6 Å². The highest BCUT2D eigenvalue weighted by Gasteiger charge is 2.13. The van der Waals surface area contributed by atoms with Crippen molar-refractivity contribution in [2.24, 2.45) is 0 Å². The molecule has 0 unspecified atom stereocenters. The van der Waals surface area contributed by atoms with Crippen LogP contribution in [0.2, 0.25) is 0 Å². The molecule has 256 valence electrons. The highest BCUT2D eigenvalue weighted by molar-refractivity contribution is 7.99. The van der Waals surface area contributed by atoms with Gasteiger partial charge in [0.05, 0.1) is 0 Å². The van der Waals surface area contributed by atoms with Gasteiger partial charge in [-0.25, -0.2) is 0 Å². The zero-order valence-corrected chi connectivity index (χ0v) is 30.8. The van der Waals surface area contributed by atoms with Gasteiger partial charge in [-0.3, -0.25) is 0 Å². The molecule has 0 bridgehead atoms. The minimum Gasteiger partial charge on any atom is -0.416 e. The highest BCUT2D eigenvalue weighted by Crippen LogP contribution is 2.34. The molecule has 0 spiro atoms. The van der Waals surface area contributed by atoms with Gasteiger partial charge in [0.1, 0.15) is 10.0 Å². The normalized spacial score (nSPS) is 11.5. The molecule has 0 aliphatic rings. The zero-order chi connectivity index (χ0) is 35.7. The molecule has 2 aromatic heterocycles. The minimum atomic E-state index is 0.478. The molecule has 2 heterocycles. The van der Waals surface area contributed by atoms with Crippen molar-refractivity contribution >= 4 is 28.7 Å². The van der Waals surface area contributed by atoms with Crippen molar-refractivity contribution in [2.75, 3.05) is 5.75 Å². The monoisotopic (exact) mass is 714 g/mol. The fourth-order valence-corrected chi connectivity index (χ4v) is 7.46. The van der Waals surface area contributed by atoms with E-state index in [1.54, 1.807) is 11.3 Å². The number of hydrogen-bond donors (Lipinski definition) is 0. The van der Waals surface area contributed by atoms with E-state index >= 15 is 0 Å². The Morgan fingerprint density at radius 3 is 1.52 bits per heavy atom. The summed E-state index contributed by atoms with van der Waals surface area (Å²) < 4.78 is 6.04. The standard InChI is InChI=1S/C45H38N4OS2/c1-4-6-8-9-31(3)32-10-18-37(19-11-32)42-46-47-43(50-42)38-20-12-33(13-21-38)34-14-22-39(23-15-34)44-48-49-45(52-44)40-24-16-35(17-25-40)36-26-28-41(29-27-36)51-30-7-5-2/h4,6,8-29H,3,5,7,30H2,1-2H3/b6-4-,9-8-. The maximum absolute atomic E-state index is 6.04. The van der Waals surface area contributed by atoms with Crippen LogP contribution < -0.4 is 0 Å². The number of nitrogens with zero attached hydrogens (tertiary/aromatic N) is 4. The zero-order valence-electron chi connectivity index (χ0n) is 29.2. The van der Waals surface area contributed by atoms with Crippen LogP contribution in [0, 0.1) is 0 Å². The average molecular weight is 715 g/mol. The second-order valence-electron chi connectivity index (χ2n) is 12.3. The third kappa shape index (κ3) is 8.28. The third-order valence-electron chi connectivity index (χ3n) is 8.64. The summed E-state index contributed by atoms with van der Waals surface area (Å²) in [7, 11) is 0. The van der Waals surface area contributed by atoms with E-state index in [0.29, 0.717) is 11.8 Å². The van der Waals surface area contributed by atoms with Crippen molar-refractivity contribution in [3.05, 3.63) is 158 Å². The number of aromatic nitrogens is 4. The molecule has 0 N–H and O–H groups in total. The Labute approximate surface area is 313 Å². The van der Waals surface area contributed by atoms with Crippen LogP contribution in [0.25, 0.3) is 71.9 Å². The van der Waals surface area contributed by atoms with Gasteiger partial charge in [-0.15, -0.1) is 32.2 Å². The van der Waals surface area contributed by atoms with Crippen molar-refractivity contribution in [3.63, 3.8) is 0 Å². The molecule has 0 aliphatic heterocycles. The van der Waals surface area contributed by atoms with Gasteiger partial charge in [0.2, 0.25) is 11.8 Å². The molecule has 0 amide bonds. The van der Waals surface area contributed by atoms with Crippen LogP contribution in [0.4, 0.5) is 0 Å².